The molecule has 8 bridgehead atoms. The number of hydrogen-bond donors (Lipinski definition) is 2. The van der Waals surface area contributed by atoms with E-state index in [1.54, 1.807) is 115 Å². The highest BCUT2D eigenvalue weighted by molar-refractivity contribution is 7.34. The highest BCUT2D eigenvalue weighted by Crippen LogP contribution is 2.69. The summed E-state index contributed by atoms with van der Waals surface area (Å²) in [4.78, 5) is 41.2. The molecule has 64 radical (unpaired) electrons. The predicted molar refractivity (Wildman–Crippen MR) is 619 cm³/mol. The Bertz CT molecular complexity index is 6720. The van der Waals surface area contributed by atoms with Crippen LogP contribution in [0.25, 0.3) is 89.7 Å². The molecule has 0 spiro atoms. The van der Waals surface area contributed by atoms with Crippen LogP contribution in [0.5, 0.6) is 46.0 Å². The third kappa shape index (κ3) is 16.4. The lowest BCUT2D eigenvalue weighted by Crippen LogP contribution is -2.17. The van der Waals surface area contributed by atoms with Crippen LogP contribution < -0.4 is 18.9 Å². The summed E-state index contributed by atoms with van der Waals surface area (Å²) in [6.07, 6.45) is 3.24. The SMILES string of the molecule is [B][10B]C1[10B]([B])C1([10B][B])Cc1cc(CC2([10B][B])[10B]([B])C2[10B][B])cc(Oc2cccc3c2-c2nc-3nc3[nH]c(nc4nc(nc5[nH]c(n2)c2cccc(Oc6cc(CC7([10B][B])[10B]([B])C7[10B][B])cc(CC7([10B][B])[10B]([B])C7[10B][B])c6)c52)-c2cccc(Oc5cc(CC6([10B][B])[10B]([B])C6[10B][B])cc(CC6([10B][B])[10B]([B])C6[10B][B])c5)c2-4)c2c(Oc4cc(CC5([10B][B])[10B]([B])C5[10B][B])cc(CC5([10B][B])[10B]([B])C5[10B][B])c4)cccc32)c1. The van der Waals surface area contributed by atoms with Crippen molar-refractivity contribution in [3.8, 4) is 91.5 Å². The highest BCUT2D eigenvalue weighted by atomic mass is 16.5. The van der Waals surface area contributed by atoms with Gasteiger partial charge in [0.15, 0.2) is 23.3 Å². The molecule has 16 atom stereocenters. The quantitative estimate of drug-likeness (QED) is 0.0524. The van der Waals surface area contributed by atoms with E-state index in [-0.39, 0.29) is 133 Å². The highest BCUT2D eigenvalue weighted by Gasteiger charge is 2.65. The molecule has 10 aliphatic rings. The van der Waals surface area contributed by atoms with E-state index < -0.39 is 41.7 Å². The van der Waals surface area contributed by atoms with Crippen molar-refractivity contribution in [1.29, 1.82) is 0 Å². The number of fused-ring (bicyclic) bond motifs is 20. The summed E-state index contributed by atoms with van der Waals surface area (Å²) in [5.74, 6) is 3.86. The number of nitrogens with zero attached hydrogens (tertiary/aromatic N) is 6. The van der Waals surface area contributed by atoms with Gasteiger partial charge in [0.05, 0.1) is 132 Å². The van der Waals surface area contributed by atoms with Gasteiger partial charge in [-0.15, -0.1) is 87.4 Å². The topological polar surface area (TPSA) is 146 Å². The molecule has 11 aromatic rings. The molecule has 578 valence electrons. The Morgan fingerprint density at radius 1 is 0.243 bits per heavy atom. The average Bonchev–Trinajstić information content (AvgIpc) is 1.58. The van der Waals surface area contributed by atoms with E-state index in [2.05, 4.69) is 34.2 Å². The first-order chi connectivity index (χ1) is 67.6. The van der Waals surface area contributed by atoms with Crippen LogP contribution >= 0.6 is 0 Å². The summed E-state index contributed by atoms with van der Waals surface area (Å²) in [7, 11) is 183. The van der Waals surface area contributed by atoms with Gasteiger partial charge >= 0.3 is 0 Å². The molecular weight excluding hydrogens is 1640 g/mol. The summed E-state index contributed by atoms with van der Waals surface area (Å²) in [5, 5.41) is -3.34. The first kappa shape index (κ1) is 99.4. The summed E-state index contributed by atoms with van der Waals surface area (Å²) < 4.78 is 29.6. The summed E-state index contributed by atoms with van der Waals surface area (Å²) in [6, 6.07) is 46.7. The van der Waals surface area contributed by atoms with Crippen molar-refractivity contribution in [1.82, 2.24) is 39.9 Å². The van der Waals surface area contributed by atoms with Gasteiger partial charge in [0.2, 0.25) is 0 Å². The number of H-pyrrole nitrogens is 2. The van der Waals surface area contributed by atoms with Crippen LogP contribution in [0.4, 0.5) is 0 Å². The maximum Gasteiger partial charge on any atom is 0.168 e. The van der Waals surface area contributed by atoms with Crippen LogP contribution in [0.1, 0.15) is 44.5 Å². The van der Waals surface area contributed by atoms with Crippen molar-refractivity contribution >= 4 is 397 Å². The number of benzene rings is 8. The van der Waals surface area contributed by atoms with Gasteiger partial charge in [-0.25, -0.2) is 29.9 Å². The van der Waals surface area contributed by atoms with Crippen LogP contribution in [0.2, 0.25) is 87.4 Å². The average molecular weight is 1690 g/mol. The van der Waals surface area contributed by atoms with Crippen molar-refractivity contribution in [3.63, 3.8) is 0 Å². The molecule has 21 rings (SSSR count). The molecule has 8 aromatic carbocycles. The molecule has 8 saturated heterocycles. The second-order valence-corrected chi connectivity index (χ2v) is 40.3. The van der Waals surface area contributed by atoms with Gasteiger partial charge in [0.1, 0.15) is 68.6 Å². The Labute approximate surface area is 869 Å². The van der Waals surface area contributed by atoms with Gasteiger partial charge in [-0.3, -0.25) is 0 Å². The van der Waals surface area contributed by atoms with Gasteiger partial charge in [0.25, 0.3) is 0 Å². The Morgan fingerprint density at radius 3 is 0.664 bits per heavy atom. The maximum atomic E-state index is 7.42. The Hall–Kier alpha value is -6.56. The molecule has 12 nitrogen and oxygen atoms in total. The Kier molecular flexibility index (Phi) is 27.0. The number of aromatic nitrogens is 8. The van der Waals surface area contributed by atoms with Crippen LogP contribution in [0.3, 0.4) is 0 Å². The zero-order valence-electron chi connectivity index (χ0n) is 77.2. The molecule has 16 unspecified atom stereocenters. The zero-order chi connectivity index (χ0) is 98.1. The van der Waals surface area contributed by atoms with E-state index >= 15 is 0 Å². The predicted octanol–water partition coefficient (Wildman–Crippen LogP) is 0.575. The minimum Gasteiger partial charge on any atom is -0.457 e. The summed E-state index contributed by atoms with van der Waals surface area (Å²) >= 11 is 0. The molecule has 10 aliphatic heterocycles. The van der Waals surface area contributed by atoms with E-state index in [1.165, 1.54) is 0 Å². The lowest BCUT2D eigenvalue weighted by atomic mass is 8.78. The molecule has 8 fully saturated rings. The van der Waals surface area contributed by atoms with E-state index in [4.69, 9.17) is 235 Å². The molecular formula is C80H50B48N8O4. The minimum atomic E-state index is -0.676. The standard InChI is InChI=1S/C80H50B48N8O4/c81-105-65-73(113-89,121(65)97)25-33-13-34(26-74(114-90)66(106-82)122(74)98)18-41(17-33)137-49-9-1-5-45-53(49)61-130-57(45)129-58-46-6-2-11-51(139-43-21-37(29-77(117-93)69(109-85)125(77)101)15-38(22-43)30-78(118-94)70(110-86)126(78)102)55(46)63(131-58)136-64-56-48(8-4-12-52(56)140-44-23-39(31-79(119-95)71(111-87)127(79)103)16-40(24-44)32-80(120-96)72(112-88)128(80)104)60(135-64)134-62-54-47(59(132-61)133-62)7-3-10-50(54)138-42-19-35(27-75(115-91)67(107-83)123(75)99)14-36(20-42)28-76(116-92)68(108-84)124(76)100/h1-24,65-72H,25-32H2,(H2,129,130,131,132,133,134,135,136)/i105-1,106-1,107-1,108-1,109-1,110-1,111-1,112-1,113-1,114-1,115-1,116-1,117-1,118-1,119-1,120-1,121-1,122-1,123-1,124-1,125-1,126-1,127-1,128-1. The van der Waals surface area contributed by atoms with Crippen LogP contribution in [-0.2, 0) is 51.4 Å². The van der Waals surface area contributed by atoms with Gasteiger partial charge in [-0.05, 0) is 169 Å². The number of hydrogen-bond acceptors (Lipinski definition) is 10. The molecule has 13 heterocycles. The lowest BCUT2D eigenvalue weighted by molar-refractivity contribution is 0.482. The van der Waals surface area contributed by atoms with Crippen molar-refractivity contribution in [2.24, 2.45) is 0 Å². The third-order valence-electron chi connectivity index (χ3n) is 33.2. The zero-order valence-corrected chi connectivity index (χ0v) is 77.2. The third-order valence-corrected chi connectivity index (χ3v) is 33.2. The fraction of sp³-hybridized carbons (Fsp3) is 0.300. The second kappa shape index (κ2) is 38.0. The first-order valence-electron chi connectivity index (χ1n) is 47.1. The fourth-order valence-electron chi connectivity index (χ4n) is 24.2. The van der Waals surface area contributed by atoms with E-state index in [0.717, 1.165) is 44.5 Å². The van der Waals surface area contributed by atoms with Crippen molar-refractivity contribution < 1.29 is 18.9 Å². The fourth-order valence-corrected chi connectivity index (χ4v) is 24.2. The minimum absolute atomic E-state index is 0.147. The number of nitrogens with one attached hydrogen (secondary N) is 2. The Balaban J connectivity index is 0.799. The number of rotatable bonds is 40. The molecule has 0 amide bonds. The molecule has 3 aromatic heterocycles. The molecule has 0 saturated carbocycles. The first-order valence-corrected chi connectivity index (χ1v) is 47.1. The largest absolute Gasteiger partial charge is 0.457 e. The van der Waals surface area contributed by atoms with Gasteiger partial charge < -0.3 is 28.9 Å². The van der Waals surface area contributed by atoms with E-state index in [1.807, 2.05) is 121 Å². The number of aromatic amines is 2. The molecule has 60 heteroatoms. The van der Waals surface area contributed by atoms with E-state index in [9.17, 15) is 0 Å². The van der Waals surface area contributed by atoms with Crippen LogP contribution in [-0.4, -0.2) is 393 Å². The van der Waals surface area contributed by atoms with Crippen LogP contribution in [0.15, 0.2) is 146 Å². The monoisotopic (exact) mass is 1690 g/mol. The van der Waals surface area contributed by atoms with Gasteiger partial charge in [0, 0.05) is 265 Å². The van der Waals surface area contributed by atoms with Gasteiger partial charge in [-0.2, -0.15) is 0 Å². The normalized spacial score (nSPS) is 27.3. The lowest BCUT2D eigenvalue weighted by Gasteiger charge is -2.22. The molecule has 2 N–H and O–H groups in total. The molecule has 140 heavy (non-hydrogen) atoms. The van der Waals surface area contributed by atoms with Crippen molar-refractivity contribution in [2.45, 2.75) is 139 Å². The smallest absolute Gasteiger partial charge is 0.168 e. The van der Waals surface area contributed by atoms with Gasteiger partial charge in [-0.1, -0.05) is 72.8 Å². The van der Waals surface area contributed by atoms with Crippen LogP contribution in [0, 0.1) is 0 Å². The second-order valence-electron chi connectivity index (χ2n) is 40.3. The molecule has 0 aliphatic carbocycles. The van der Waals surface area contributed by atoms with E-state index in [0.29, 0.717) is 152 Å². The van der Waals surface area contributed by atoms with Crippen molar-refractivity contribution in [3.05, 3.63) is 190 Å². The van der Waals surface area contributed by atoms with Crippen molar-refractivity contribution in [2.75, 3.05) is 0 Å². The summed E-state index contributed by atoms with van der Waals surface area (Å²) in [5.41, 5.74) is 8.15. The number of ether oxygens (including phenoxy) is 4. The maximum absolute atomic E-state index is 7.42. The summed E-state index contributed by atoms with van der Waals surface area (Å²) in [6.45, 7) is -2.84. The Morgan fingerprint density at radius 2 is 0.443 bits per heavy atom.